The van der Waals surface area contributed by atoms with Gasteiger partial charge in [-0.05, 0) is 31.0 Å². The van der Waals surface area contributed by atoms with Crippen molar-refractivity contribution in [3.63, 3.8) is 0 Å². The van der Waals surface area contributed by atoms with E-state index in [0.29, 0.717) is 31.4 Å². The smallest absolute Gasteiger partial charge is 0.224 e. The minimum Gasteiger partial charge on any atom is -0.493 e. The van der Waals surface area contributed by atoms with E-state index in [4.69, 9.17) is 25.8 Å². The van der Waals surface area contributed by atoms with Crippen LogP contribution in [0.25, 0.3) is 0 Å². The quantitative estimate of drug-likeness (QED) is 0.904. The molecule has 24 heavy (non-hydrogen) atoms. The van der Waals surface area contributed by atoms with Crippen LogP contribution in [0.4, 0.5) is 0 Å². The number of fused-ring (bicyclic) bond motifs is 2. The first-order valence-electron chi connectivity index (χ1n) is 8.42. The van der Waals surface area contributed by atoms with E-state index in [9.17, 15) is 4.79 Å². The highest BCUT2D eigenvalue weighted by atomic mass is 35.5. The summed E-state index contributed by atoms with van der Waals surface area (Å²) in [5, 5.41) is 3.76. The first kappa shape index (κ1) is 16.2. The lowest BCUT2D eigenvalue weighted by atomic mass is 9.87. The van der Waals surface area contributed by atoms with Gasteiger partial charge in [-0.15, -0.1) is 0 Å². The van der Waals surface area contributed by atoms with Gasteiger partial charge >= 0.3 is 0 Å². The van der Waals surface area contributed by atoms with Gasteiger partial charge in [-0.25, -0.2) is 0 Å². The van der Waals surface area contributed by atoms with Crippen molar-refractivity contribution in [1.29, 1.82) is 0 Å². The molecule has 3 atom stereocenters. The van der Waals surface area contributed by atoms with Crippen molar-refractivity contribution < 1.29 is 19.0 Å². The first-order valence-corrected chi connectivity index (χ1v) is 8.80. The van der Waals surface area contributed by atoms with Crippen molar-refractivity contribution in [1.82, 2.24) is 5.32 Å². The molecule has 2 fully saturated rings. The molecule has 0 unspecified atom stereocenters. The third-order valence-corrected chi connectivity index (χ3v) is 6.00. The van der Waals surface area contributed by atoms with E-state index < -0.39 is 0 Å². The molecular weight excluding hydrogens is 330 g/mol. The van der Waals surface area contributed by atoms with Crippen LogP contribution in [0.5, 0.6) is 5.75 Å². The molecule has 0 aromatic heterocycles. The molecule has 0 bridgehead atoms. The van der Waals surface area contributed by atoms with E-state index in [1.54, 1.807) is 7.11 Å². The molecule has 1 aliphatic carbocycles. The number of methoxy groups -OCH3 is 1. The Morgan fingerprint density at radius 1 is 1.42 bits per heavy atom. The fourth-order valence-corrected chi connectivity index (χ4v) is 4.22. The average molecular weight is 352 g/mol. The topological polar surface area (TPSA) is 56.8 Å². The summed E-state index contributed by atoms with van der Waals surface area (Å²) in [5.74, 6) is 0.930. The van der Waals surface area contributed by atoms with Gasteiger partial charge in [-0.2, -0.15) is 0 Å². The maximum Gasteiger partial charge on any atom is 0.224 e. The van der Waals surface area contributed by atoms with Crippen LogP contribution < -0.4 is 10.1 Å². The Labute approximate surface area is 146 Å². The molecule has 1 aromatic carbocycles. The normalized spacial score (nSPS) is 33.8. The van der Waals surface area contributed by atoms with Gasteiger partial charge in [0, 0.05) is 48.6 Å². The van der Waals surface area contributed by atoms with Crippen LogP contribution in [0.1, 0.15) is 24.8 Å². The van der Waals surface area contributed by atoms with Crippen molar-refractivity contribution in [2.24, 2.45) is 5.92 Å². The lowest BCUT2D eigenvalue weighted by molar-refractivity contribution is -0.124. The SMILES string of the molecule is CO[C@@]1(CNC(=O)[C@@H]2C[C@]23CCOc2ccc(Cl)cc23)CCOC1. The minimum atomic E-state index is -0.380. The minimum absolute atomic E-state index is 0.0187. The number of nitrogens with one attached hydrogen (secondary N) is 1. The maximum absolute atomic E-state index is 12.7. The summed E-state index contributed by atoms with van der Waals surface area (Å²) < 4.78 is 16.7. The predicted octanol–water partition coefficient (Wildman–Crippen LogP) is 2.30. The highest BCUT2D eigenvalue weighted by molar-refractivity contribution is 6.30. The molecule has 1 aromatic rings. The zero-order valence-corrected chi connectivity index (χ0v) is 14.5. The van der Waals surface area contributed by atoms with E-state index in [2.05, 4.69) is 5.32 Å². The molecule has 2 heterocycles. The number of amides is 1. The van der Waals surface area contributed by atoms with E-state index in [1.165, 1.54) is 0 Å². The summed E-state index contributed by atoms with van der Waals surface area (Å²) in [4.78, 5) is 12.7. The molecule has 1 N–H and O–H groups in total. The zero-order valence-electron chi connectivity index (χ0n) is 13.8. The molecule has 2 aliphatic heterocycles. The fraction of sp³-hybridized carbons (Fsp3) is 0.611. The Kier molecular flexibility index (Phi) is 3.98. The van der Waals surface area contributed by atoms with Crippen LogP contribution in [0.3, 0.4) is 0 Å². The summed E-state index contributed by atoms with van der Waals surface area (Å²) in [6, 6.07) is 5.69. The number of rotatable bonds is 4. The monoisotopic (exact) mass is 351 g/mol. The largest absolute Gasteiger partial charge is 0.493 e. The van der Waals surface area contributed by atoms with Gasteiger partial charge in [0.25, 0.3) is 0 Å². The molecule has 1 saturated heterocycles. The summed E-state index contributed by atoms with van der Waals surface area (Å²) in [6.45, 7) is 2.36. The van der Waals surface area contributed by atoms with Crippen LogP contribution in [0, 0.1) is 5.92 Å². The van der Waals surface area contributed by atoms with Gasteiger partial charge in [-0.3, -0.25) is 4.79 Å². The van der Waals surface area contributed by atoms with Gasteiger partial charge in [0.1, 0.15) is 11.4 Å². The van der Waals surface area contributed by atoms with Gasteiger partial charge < -0.3 is 19.5 Å². The Balaban J connectivity index is 1.46. The molecule has 4 rings (SSSR count). The highest BCUT2D eigenvalue weighted by Crippen LogP contribution is 2.61. The van der Waals surface area contributed by atoms with Gasteiger partial charge in [0.2, 0.25) is 5.91 Å². The Morgan fingerprint density at radius 3 is 3.04 bits per heavy atom. The van der Waals surface area contributed by atoms with E-state index in [-0.39, 0.29) is 22.8 Å². The van der Waals surface area contributed by atoms with Gasteiger partial charge in [0.15, 0.2) is 0 Å². The van der Waals surface area contributed by atoms with Gasteiger partial charge in [0.05, 0.1) is 13.2 Å². The predicted molar refractivity (Wildman–Crippen MR) is 89.5 cm³/mol. The first-order chi connectivity index (χ1) is 11.6. The van der Waals surface area contributed by atoms with E-state index >= 15 is 0 Å². The summed E-state index contributed by atoms with van der Waals surface area (Å²) >= 11 is 6.16. The lowest BCUT2D eigenvalue weighted by Gasteiger charge is -2.28. The number of carbonyl (C=O) groups excluding carboxylic acids is 1. The van der Waals surface area contributed by atoms with Crippen LogP contribution in [-0.2, 0) is 19.7 Å². The Morgan fingerprint density at radius 2 is 2.29 bits per heavy atom. The molecule has 1 saturated carbocycles. The van der Waals surface area contributed by atoms with Crippen molar-refractivity contribution >= 4 is 17.5 Å². The van der Waals surface area contributed by atoms with Crippen LogP contribution in [0.15, 0.2) is 18.2 Å². The van der Waals surface area contributed by atoms with Crippen LogP contribution >= 0.6 is 11.6 Å². The second kappa shape index (κ2) is 5.90. The standard InChI is InChI=1S/C18H22ClNO4/c1-22-17(4-6-23-11-17)10-20-16(21)14-9-18(14)5-7-24-15-3-2-12(19)8-13(15)18/h2-3,8,14H,4-7,9-11H2,1H3,(H,20,21)/t14-,17+,18-/m0/s1. The molecular formula is C18H22ClNO4. The molecule has 3 aliphatic rings. The maximum atomic E-state index is 12.7. The third-order valence-electron chi connectivity index (χ3n) is 5.76. The van der Waals surface area contributed by atoms with Crippen molar-refractivity contribution in [3.05, 3.63) is 28.8 Å². The average Bonchev–Trinajstić information content (AvgIpc) is 3.11. The lowest BCUT2D eigenvalue weighted by Crippen LogP contribution is -2.46. The van der Waals surface area contributed by atoms with Gasteiger partial charge in [-0.1, -0.05) is 11.6 Å². The van der Waals surface area contributed by atoms with Crippen LogP contribution in [0.2, 0.25) is 5.02 Å². The Hall–Kier alpha value is -1.30. The summed E-state index contributed by atoms with van der Waals surface area (Å²) in [6.07, 6.45) is 2.52. The fourth-order valence-electron chi connectivity index (χ4n) is 4.05. The number of hydrogen-bond donors (Lipinski definition) is 1. The third kappa shape index (κ3) is 2.59. The number of halogens is 1. The molecule has 130 valence electrons. The second-order valence-corrected chi connectivity index (χ2v) is 7.50. The number of carbonyl (C=O) groups is 1. The molecule has 6 heteroatoms. The summed E-state index contributed by atoms with van der Waals surface area (Å²) in [7, 11) is 1.68. The zero-order chi connectivity index (χ0) is 16.8. The van der Waals surface area contributed by atoms with E-state index in [1.807, 2.05) is 18.2 Å². The molecule has 1 amide bonds. The molecule has 1 spiro atoms. The van der Waals surface area contributed by atoms with Crippen molar-refractivity contribution in [2.45, 2.75) is 30.3 Å². The molecule has 5 nitrogen and oxygen atoms in total. The number of ether oxygens (including phenoxy) is 3. The number of benzene rings is 1. The number of hydrogen-bond acceptors (Lipinski definition) is 4. The van der Waals surface area contributed by atoms with Crippen molar-refractivity contribution in [3.8, 4) is 5.75 Å². The van der Waals surface area contributed by atoms with Crippen LogP contribution in [-0.4, -0.2) is 45.0 Å². The molecule has 0 radical (unpaired) electrons. The summed E-state index contributed by atoms with van der Waals surface area (Å²) in [5.41, 5.74) is 0.580. The highest BCUT2D eigenvalue weighted by Gasteiger charge is 2.61. The second-order valence-electron chi connectivity index (χ2n) is 7.06. The Bertz CT molecular complexity index is 658. The van der Waals surface area contributed by atoms with Crippen molar-refractivity contribution in [2.75, 3.05) is 33.5 Å². The van der Waals surface area contributed by atoms with E-state index in [0.717, 1.165) is 30.6 Å².